The fraction of sp³-hybridized carbons (Fsp3) is 0.333. The molecule has 1 aromatic heterocycles. The number of hydrogen-bond acceptors (Lipinski definition) is 4. The molecule has 0 unspecified atom stereocenters. The number of rotatable bonds is 7. The smallest absolute Gasteiger partial charge is 0.218 e. The summed E-state index contributed by atoms with van der Waals surface area (Å²) >= 11 is 5.86. The number of aromatic nitrogens is 1. The van der Waals surface area contributed by atoms with E-state index in [1.54, 1.807) is 20.4 Å². The molecule has 0 bridgehead atoms. The molecule has 142 valence electrons. The van der Waals surface area contributed by atoms with Crippen molar-refractivity contribution in [3.8, 4) is 11.6 Å². The molecule has 0 saturated heterocycles. The average Bonchev–Trinajstić information content (AvgIpc) is 2.64. The van der Waals surface area contributed by atoms with Crippen molar-refractivity contribution in [1.82, 2.24) is 15.2 Å². The van der Waals surface area contributed by atoms with Crippen LogP contribution in [0.2, 0.25) is 5.02 Å². The van der Waals surface area contributed by atoms with Gasteiger partial charge in [0.1, 0.15) is 12.4 Å². The molecule has 0 aliphatic rings. The highest BCUT2D eigenvalue weighted by molar-refractivity contribution is 14.0. The maximum Gasteiger partial charge on any atom is 0.218 e. The SMILES string of the molecule is CN=C(NCc1cccnc1OC)N(C)CCOc1ccc(Cl)cc1.I. The van der Waals surface area contributed by atoms with Gasteiger partial charge in [0.25, 0.3) is 0 Å². The number of ether oxygens (including phenoxy) is 2. The molecular weight excluding hydrogens is 467 g/mol. The van der Waals surface area contributed by atoms with Gasteiger partial charge in [0.15, 0.2) is 5.96 Å². The van der Waals surface area contributed by atoms with Crippen LogP contribution in [-0.4, -0.2) is 50.2 Å². The van der Waals surface area contributed by atoms with Crippen LogP contribution in [0.1, 0.15) is 5.56 Å². The normalized spacial score (nSPS) is 10.7. The Morgan fingerprint density at radius 2 is 2.00 bits per heavy atom. The third-order valence-electron chi connectivity index (χ3n) is 3.56. The first-order valence-corrected chi connectivity index (χ1v) is 8.30. The summed E-state index contributed by atoms with van der Waals surface area (Å²) in [5.74, 6) is 2.17. The zero-order chi connectivity index (χ0) is 18.1. The molecule has 0 amide bonds. The molecule has 8 heteroatoms. The molecule has 6 nitrogen and oxygen atoms in total. The highest BCUT2D eigenvalue weighted by Crippen LogP contribution is 2.15. The second kappa shape index (κ2) is 11.8. The molecule has 2 rings (SSSR count). The molecule has 0 fully saturated rings. The van der Waals surface area contributed by atoms with Crippen LogP contribution in [0, 0.1) is 0 Å². The van der Waals surface area contributed by atoms with Crippen molar-refractivity contribution < 1.29 is 9.47 Å². The minimum absolute atomic E-state index is 0. The van der Waals surface area contributed by atoms with Crippen LogP contribution in [0.5, 0.6) is 11.6 Å². The molecule has 0 atom stereocenters. The van der Waals surface area contributed by atoms with E-state index in [1.807, 2.05) is 48.3 Å². The van der Waals surface area contributed by atoms with Gasteiger partial charge in [0, 0.05) is 37.4 Å². The number of halogens is 2. The predicted molar refractivity (Wildman–Crippen MR) is 116 cm³/mol. The molecule has 0 radical (unpaired) electrons. The summed E-state index contributed by atoms with van der Waals surface area (Å²) in [5.41, 5.74) is 0.969. The van der Waals surface area contributed by atoms with E-state index in [4.69, 9.17) is 21.1 Å². The lowest BCUT2D eigenvalue weighted by molar-refractivity contribution is 0.281. The summed E-state index contributed by atoms with van der Waals surface area (Å²) in [6.07, 6.45) is 1.71. The Hall–Kier alpha value is -1.74. The van der Waals surface area contributed by atoms with Crippen LogP contribution >= 0.6 is 35.6 Å². The van der Waals surface area contributed by atoms with Crippen LogP contribution in [0.3, 0.4) is 0 Å². The quantitative estimate of drug-likeness (QED) is 0.366. The Balaban J connectivity index is 0.00000338. The van der Waals surface area contributed by atoms with Gasteiger partial charge >= 0.3 is 0 Å². The van der Waals surface area contributed by atoms with Gasteiger partial charge in [-0.05, 0) is 30.3 Å². The lowest BCUT2D eigenvalue weighted by atomic mass is 10.2. The molecule has 2 aromatic rings. The minimum atomic E-state index is 0. The van der Waals surface area contributed by atoms with Crippen molar-refractivity contribution in [2.45, 2.75) is 6.54 Å². The number of methoxy groups -OCH3 is 1. The lowest BCUT2D eigenvalue weighted by Gasteiger charge is -2.22. The number of hydrogen-bond donors (Lipinski definition) is 1. The summed E-state index contributed by atoms with van der Waals surface area (Å²) < 4.78 is 11.0. The number of guanidine groups is 1. The standard InChI is InChI=1S/C18H23ClN4O2.HI/c1-20-18(22-13-14-5-4-10-21-17(14)24-3)23(2)11-12-25-16-8-6-15(19)7-9-16;/h4-10H,11-13H2,1-3H3,(H,20,22);1H. The highest BCUT2D eigenvalue weighted by atomic mass is 127. The topological polar surface area (TPSA) is 59.0 Å². The number of likely N-dealkylation sites (N-methyl/N-ethyl adjacent to an activating group) is 1. The number of nitrogens with zero attached hydrogens (tertiary/aromatic N) is 3. The second-order valence-electron chi connectivity index (χ2n) is 5.30. The maximum atomic E-state index is 5.86. The number of aliphatic imine (C=N–C) groups is 1. The van der Waals surface area contributed by atoms with Crippen LogP contribution in [-0.2, 0) is 6.54 Å². The lowest BCUT2D eigenvalue weighted by Crippen LogP contribution is -2.40. The summed E-state index contributed by atoms with van der Waals surface area (Å²) in [6, 6.07) is 11.2. The first-order chi connectivity index (χ1) is 12.1. The Morgan fingerprint density at radius 1 is 1.27 bits per heavy atom. The van der Waals surface area contributed by atoms with Gasteiger partial charge in [0.2, 0.25) is 5.88 Å². The number of pyridine rings is 1. The average molecular weight is 491 g/mol. The van der Waals surface area contributed by atoms with Crippen LogP contribution < -0.4 is 14.8 Å². The molecule has 0 aliphatic heterocycles. The van der Waals surface area contributed by atoms with E-state index in [1.165, 1.54) is 0 Å². The van der Waals surface area contributed by atoms with Crippen molar-refractivity contribution in [3.05, 3.63) is 53.2 Å². The summed E-state index contributed by atoms with van der Waals surface area (Å²) in [6.45, 7) is 1.80. The monoisotopic (exact) mass is 490 g/mol. The molecule has 0 spiro atoms. The molecule has 1 heterocycles. The van der Waals surface area contributed by atoms with E-state index in [0.29, 0.717) is 30.6 Å². The van der Waals surface area contributed by atoms with Gasteiger partial charge in [0.05, 0.1) is 13.7 Å². The van der Waals surface area contributed by atoms with E-state index in [0.717, 1.165) is 17.3 Å². The highest BCUT2D eigenvalue weighted by Gasteiger charge is 2.08. The van der Waals surface area contributed by atoms with Crippen molar-refractivity contribution >= 4 is 41.5 Å². The van der Waals surface area contributed by atoms with Gasteiger partial charge < -0.3 is 19.7 Å². The zero-order valence-electron chi connectivity index (χ0n) is 15.1. The van der Waals surface area contributed by atoms with E-state index < -0.39 is 0 Å². The molecule has 26 heavy (non-hydrogen) atoms. The number of nitrogens with one attached hydrogen (secondary N) is 1. The van der Waals surface area contributed by atoms with Gasteiger partial charge in [-0.15, -0.1) is 24.0 Å². The summed E-state index contributed by atoms with van der Waals surface area (Å²) in [5, 5.41) is 3.99. The molecule has 1 N–H and O–H groups in total. The van der Waals surface area contributed by atoms with Crippen LogP contribution in [0.4, 0.5) is 0 Å². The van der Waals surface area contributed by atoms with Gasteiger partial charge in [-0.25, -0.2) is 4.98 Å². The van der Waals surface area contributed by atoms with Gasteiger partial charge in [-0.3, -0.25) is 4.99 Å². The van der Waals surface area contributed by atoms with Crippen LogP contribution in [0.15, 0.2) is 47.6 Å². The third-order valence-corrected chi connectivity index (χ3v) is 3.81. The Labute approximate surface area is 176 Å². The molecular formula is C18H24ClIN4O2. The van der Waals surface area contributed by atoms with Crippen molar-refractivity contribution in [3.63, 3.8) is 0 Å². The maximum absolute atomic E-state index is 5.86. The Kier molecular flexibility index (Phi) is 10.1. The molecule has 0 aliphatic carbocycles. The Bertz CT molecular complexity index is 698. The Morgan fingerprint density at radius 3 is 2.65 bits per heavy atom. The fourth-order valence-electron chi connectivity index (χ4n) is 2.24. The first kappa shape index (κ1) is 22.3. The molecule has 1 aromatic carbocycles. The summed E-state index contributed by atoms with van der Waals surface area (Å²) in [4.78, 5) is 10.5. The molecule has 0 saturated carbocycles. The number of benzene rings is 1. The van der Waals surface area contributed by atoms with Crippen molar-refractivity contribution in [2.24, 2.45) is 4.99 Å². The first-order valence-electron chi connectivity index (χ1n) is 7.92. The van der Waals surface area contributed by atoms with Crippen molar-refractivity contribution in [2.75, 3.05) is 34.4 Å². The van der Waals surface area contributed by atoms with Crippen molar-refractivity contribution in [1.29, 1.82) is 0 Å². The largest absolute Gasteiger partial charge is 0.492 e. The van der Waals surface area contributed by atoms with Crippen LogP contribution in [0.25, 0.3) is 0 Å². The third kappa shape index (κ3) is 6.87. The van der Waals surface area contributed by atoms with E-state index in [2.05, 4.69) is 15.3 Å². The van der Waals surface area contributed by atoms with Gasteiger partial charge in [-0.2, -0.15) is 0 Å². The van der Waals surface area contributed by atoms with E-state index in [-0.39, 0.29) is 24.0 Å². The summed E-state index contributed by atoms with van der Waals surface area (Å²) in [7, 11) is 5.32. The fourth-order valence-corrected chi connectivity index (χ4v) is 2.36. The minimum Gasteiger partial charge on any atom is -0.492 e. The second-order valence-corrected chi connectivity index (χ2v) is 5.73. The van der Waals surface area contributed by atoms with E-state index in [9.17, 15) is 0 Å². The van der Waals surface area contributed by atoms with E-state index >= 15 is 0 Å². The van der Waals surface area contributed by atoms with Gasteiger partial charge in [-0.1, -0.05) is 17.7 Å². The predicted octanol–water partition coefficient (Wildman–Crippen LogP) is 3.45. The zero-order valence-corrected chi connectivity index (χ0v) is 18.2.